The molecule has 2 N–H and O–H groups in total. The maximum atomic E-state index is 13.8. The number of nitrogens with zero attached hydrogens (tertiary/aromatic N) is 2. The zero-order chi connectivity index (χ0) is 28.1. The molecular formula is C30H26N4O6. The van der Waals surface area contributed by atoms with Gasteiger partial charge >= 0.3 is 24.0 Å². The number of amides is 4. The summed E-state index contributed by atoms with van der Waals surface area (Å²) in [4.78, 5) is 56.4. The molecule has 2 saturated heterocycles. The fourth-order valence-corrected chi connectivity index (χ4v) is 5.85. The summed E-state index contributed by atoms with van der Waals surface area (Å²) < 4.78 is 10.7. The van der Waals surface area contributed by atoms with Crippen LogP contribution in [0.1, 0.15) is 36.1 Å². The Balaban J connectivity index is 1.51. The third-order valence-corrected chi connectivity index (χ3v) is 7.56. The third kappa shape index (κ3) is 3.37. The van der Waals surface area contributed by atoms with Gasteiger partial charge in [-0.3, -0.25) is 9.80 Å². The molecule has 0 saturated carbocycles. The van der Waals surface area contributed by atoms with E-state index in [1.54, 1.807) is 13.8 Å². The van der Waals surface area contributed by atoms with Crippen LogP contribution in [0.25, 0.3) is 10.8 Å². The van der Waals surface area contributed by atoms with Crippen molar-refractivity contribution in [2.45, 2.75) is 38.3 Å². The summed E-state index contributed by atoms with van der Waals surface area (Å²) in [5.74, 6) is 4.62. The minimum atomic E-state index is -2.19. The number of urea groups is 2. The van der Waals surface area contributed by atoms with Crippen LogP contribution >= 0.6 is 0 Å². The predicted molar refractivity (Wildman–Crippen MR) is 143 cm³/mol. The Morgan fingerprint density at radius 2 is 1.40 bits per heavy atom. The average Bonchev–Trinajstić information content (AvgIpc) is 3.24. The number of hydrogen-bond donors (Lipinski definition) is 2. The van der Waals surface area contributed by atoms with Gasteiger partial charge in [-0.15, -0.1) is 0 Å². The highest BCUT2D eigenvalue weighted by atomic mass is 16.5. The molecular weight excluding hydrogens is 512 g/mol. The van der Waals surface area contributed by atoms with Crippen LogP contribution in [0.3, 0.4) is 0 Å². The highest BCUT2D eigenvalue weighted by Gasteiger charge is 2.81. The van der Waals surface area contributed by atoms with E-state index in [0.29, 0.717) is 16.7 Å². The van der Waals surface area contributed by atoms with E-state index in [2.05, 4.69) is 22.5 Å². The molecule has 0 aliphatic carbocycles. The van der Waals surface area contributed by atoms with Crippen molar-refractivity contribution in [2.75, 3.05) is 13.2 Å². The fourth-order valence-electron chi connectivity index (χ4n) is 5.85. The first-order chi connectivity index (χ1) is 19.4. The highest BCUT2D eigenvalue weighted by Crippen LogP contribution is 2.47. The van der Waals surface area contributed by atoms with Crippen LogP contribution < -0.4 is 10.6 Å². The number of carbonyl (C=O) groups excluding carboxylic acids is 4. The molecule has 3 aromatic carbocycles. The van der Waals surface area contributed by atoms with Gasteiger partial charge in [-0.05, 0) is 47.9 Å². The summed E-state index contributed by atoms with van der Waals surface area (Å²) in [6.07, 6.45) is 0. The van der Waals surface area contributed by atoms with E-state index in [4.69, 9.17) is 9.47 Å². The number of carbonyl (C=O) groups is 4. The maximum Gasteiger partial charge on any atom is 0.358 e. The molecule has 2 fully saturated rings. The van der Waals surface area contributed by atoms with Crippen molar-refractivity contribution in [3.8, 4) is 11.8 Å². The van der Waals surface area contributed by atoms with Gasteiger partial charge in [-0.1, -0.05) is 60.4 Å². The summed E-state index contributed by atoms with van der Waals surface area (Å²) in [5.41, 5.74) is -1.52. The van der Waals surface area contributed by atoms with Crippen molar-refractivity contribution in [1.82, 2.24) is 20.4 Å². The summed E-state index contributed by atoms with van der Waals surface area (Å²) >= 11 is 0. The van der Waals surface area contributed by atoms with E-state index in [1.165, 1.54) is 9.80 Å². The standard InChI is InChI=1S/C30H26N4O6/c1-3-39-25(35)29-30(26(36)40-4-2)33(27(37)31-29)17-22-13-8-12-21(24(22)18-34(30)28(38)32-29)16-15-20-11-7-10-19-9-5-6-14-23(19)20/h5-14H,3-4,17-18H2,1-2H3,(H,31,37)(H,32,38)/t29-,30+/m1/s1. The Morgan fingerprint density at radius 3 is 2.15 bits per heavy atom. The zero-order valence-electron chi connectivity index (χ0n) is 21.9. The molecule has 3 heterocycles. The molecule has 4 amide bonds. The largest absolute Gasteiger partial charge is 0.463 e. The highest BCUT2D eigenvalue weighted by molar-refractivity contribution is 6.09. The van der Waals surface area contributed by atoms with E-state index in [9.17, 15) is 19.2 Å². The number of rotatable bonds is 4. The Labute approximate surface area is 230 Å². The molecule has 3 aliphatic rings. The van der Waals surface area contributed by atoms with Crippen LogP contribution in [0, 0.1) is 11.8 Å². The summed E-state index contributed by atoms with van der Waals surface area (Å²) in [7, 11) is 0. The van der Waals surface area contributed by atoms with Crippen molar-refractivity contribution in [3.63, 3.8) is 0 Å². The van der Waals surface area contributed by atoms with E-state index < -0.39 is 35.3 Å². The van der Waals surface area contributed by atoms with Crippen molar-refractivity contribution < 1.29 is 28.7 Å². The van der Waals surface area contributed by atoms with Crippen LogP contribution in [0.5, 0.6) is 0 Å². The van der Waals surface area contributed by atoms with Gasteiger partial charge in [0.15, 0.2) is 0 Å². The number of fused-ring (bicyclic) bond motifs is 2. The van der Waals surface area contributed by atoms with Gasteiger partial charge in [0.1, 0.15) is 0 Å². The second-order valence-corrected chi connectivity index (χ2v) is 9.62. The number of nitrogens with one attached hydrogen (secondary N) is 2. The lowest BCUT2D eigenvalue weighted by Crippen LogP contribution is -2.74. The second kappa shape index (κ2) is 9.31. The minimum Gasteiger partial charge on any atom is -0.463 e. The van der Waals surface area contributed by atoms with Crippen molar-refractivity contribution in [2.24, 2.45) is 0 Å². The number of hydrogen-bond acceptors (Lipinski definition) is 6. The molecule has 0 spiro atoms. The van der Waals surface area contributed by atoms with Crippen LogP contribution in [-0.4, -0.2) is 58.3 Å². The minimum absolute atomic E-state index is 0.0284. The number of esters is 2. The van der Waals surface area contributed by atoms with E-state index in [-0.39, 0.29) is 26.3 Å². The first-order valence-corrected chi connectivity index (χ1v) is 13.0. The molecule has 6 rings (SSSR count). The van der Waals surface area contributed by atoms with E-state index in [0.717, 1.165) is 16.3 Å². The van der Waals surface area contributed by atoms with Gasteiger partial charge < -0.3 is 20.1 Å². The van der Waals surface area contributed by atoms with Crippen LogP contribution in [0.15, 0.2) is 60.7 Å². The van der Waals surface area contributed by atoms with Crippen molar-refractivity contribution in [3.05, 3.63) is 82.9 Å². The van der Waals surface area contributed by atoms with Crippen LogP contribution in [-0.2, 0) is 32.2 Å². The monoisotopic (exact) mass is 538 g/mol. The van der Waals surface area contributed by atoms with Crippen molar-refractivity contribution >= 4 is 34.8 Å². The lowest BCUT2D eigenvalue weighted by molar-refractivity contribution is -0.178. The third-order valence-electron chi connectivity index (χ3n) is 7.56. The smallest absolute Gasteiger partial charge is 0.358 e. The van der Waals surface area contributed by atoms with Gasteiger partial charge in [0.25, 0.3) is 11.3 Å². The number of benzene rings is 3. The van der Waals surface area contributed by atoms with Gasteiger partial charge in [0, 0.05) is 11.1 Å². The predicted octanol–water partition coefficient (Wildman–Crippen LogP) is 2.82. The molecule has 3 aliphatic heterocycles. The first-order valence-electron chi connectivity index (χ1n) is 13.0. The second-order valence-electron chi connectivity index (χ2n) is 9.62. The van der Waals surface area contributed by atoms with E-state index >= 15 is 0 Å². The Hall–Kier alpha value is -5.04. The van der Waals surface area contributed by atoms with Gasteiger partial charge in [0.05, 0.1) is 26.3 Å². The maximum absolute atomic E-state index is 13.8. The van der Waals surface area contributed by atoms with Gasteiger partial charge in [0.2, 0.25) is 0 Å². The normalized spacial score (nSPS) is 22.4. The Kier molecular flexibility index (Phi) is 5.88. The first kappa shape index (κ1) is 25.2. The summed E-state index contributed by atoms with van der Waals surface area (Å²) in [6, 6.07) is 17.9. The molecule has 0 radical (unpaired) electrons. The molecule has 40 heavy (non-hydrogen) atoms. The molecule has 0 aromatic heterocycles. The topological polar surface area (TPSA) is 117 Å². The molecule has 2 atom stereocenters. The molecule has 202 valence electrons. The van der Waals surface area contributed by atoms with Gasteiger partial charge in [-0.25, -0.2) is 19.2 Å². The Morgan fingerprint density at radius 1 is 0.800 bits per heavy atom. The van der Waals surface area contributed by atoms with E-state index in [1.807, 2.05) is 60.7 Å². The Bertz CT molecular complexity index is 1650. The zero-order valence-corrected chi connectivity index (χ0v) is 21.9. The van der Waals surface area contributed by atoms with Crippen molar-refractivity contribution in [1.29, 1.82) is 0 Å². The summed E-state index contributed by atoms with van der Waals surface area (Å²) in [5, 5.41) is 7.17. The molecule has 3 aromatic rings. The molecule has 0 unspecified atom stereocenters. The average molecular weight is 539 g/mol. The van der Waals surface area contributed by atoms with Crippen LogP contribution in [0.2, 0.25) is 0 Å². The fraction of sp³-hybridized carbons (Fsp3) is 0.267. The summed E-state index contributed by atoms with van der Waals surface area (Å²) in [6.45, 7) is 2.97. The molecule has 10 nitrogen and oxygen atoms in total. The molecule has 0 bridgehead atoms. The number of ether oxygens (including phenoxy) is 2. The lowest BCUT2D eigenvalue weighted by atomic mass is 9.93. The van der Waals surface area contributed by atoms with Gasteiger partial charge in [-0.2, -0.15) is 0 Å². The quantitative estimate of drug-likeness (QED) is 0.390. The SMILES string of the molecule is CCOC(=O)[C@@]12NC(=O)N3Cc4cccc(C#Cc5cccc6ccccc56)c4CN(C(=O)N1)[C@]32C(=O)OCC. The molecule has 10 heteroatoms. The van der Waals surface area contributed by atoms with Crippen LogP contribution in [0.4, 0.5) is 9.59 Å². The lowest BCUT2D eigenvalue weighted by Gasteiger charge is -2.40.